The maximum atomic E-state index is 12.8. The molecule has 3 nitrogen and oxygen atoms in total. The van der Waals surface area contributed by atoms with Crippen LogP contribution in [0.1, 0.15) is 23.8 Å². The zero-order valence-electron chi connectivity index (χ0n) is 11.8. The Morgan fingerprint density at radius 2 is 2.14 bits per heavy atom. The first-order chi connectivity index (χ1) is 10.0. The molecule has 1 heterocycles. The third-order valence-corrected chi connectivity index (χ3v) is 3.71. The molecule has 0 saturated carbocycles. The van der Waals surface area contributed by atoms with Crippen LogP contribution in [0.4, 0.5) is 4.39 Å². The normalized spacial score (nSPS) is 12.6. The summed E-state index contributed by atoms with van der Waals surface area (Å²) >= 11 is 3.45. The molecular weight excluding hydrogens is 335 g/mol. The second kappa shape index (κ2) is 7.64. The summed E-state index contributed by atoms with van der Waals surface area (Å²) in [4.78, 5) is 6.04. The van der Waals surface area contributed by atoms with Crippen molar-refractivity contribution in [2.45, 2.75) is 19.1 Å². The van der Waals surface area contributed by atoms with Crippen LogP contribution in [0.25, 0.3) is 0 Å². The van der Waals surface area contributed by atoms with Crippen molar-refractivity contribution in [3.8, 4) is 0 Å². The SMILES string of the molecule is CN(CCC(O)c1ccc(F)cn1)Cc1cccc(Br)c1. The highest BCUT2D eigenvalue weighted by Gasteiger charge is 2.10. The minimum absolute atomic E-state index is 0.391. The zero-order valence-corrected chi connectivity index (χ0v) is 13.4. The van der Waals surface area contributed by atoms with Crippen LogP contribution in [0.15, 0.2) is 47.1 Å². The van der Waals surface area contributed by atoms with Crippen LogP contribution < -0.4 is 0 Å². The third kappa shape index (κ3) is 5.19. The van der Waals surface area contributed by atoms with E-state index in [-0.39, 0.29) is 0 Å². The van der Waals surface area contributed by atoms with Crippen molar-refractivity contribution in [3.05, 3.63) is 64.1 Å². The van der Waals surface area contributed by atoms with Gasteiger partial charge >= 0.3 is 0 Å². The molecule has 0 aliphatic rings. The zero-order chi connectivity index (χ0) is 15.2. The molecule has 1 atom stereocenters. The number of halogens is 2. The molecule has 1 N–H and O–H groups in total. The van der Waals surface area contributed by atoms with Crippen LogP contribution in [0.2, 0.25) is 0 Å². The van der Waals surface area contributed by atoms with Gasteiger partial charge in [0.15, 0.2) is 0 Å². The van der Waals surface area contributed by atoms with E-state index < -0.39 is 11.9 Å². The molecule has 5 heteroatoms. The van der Waals surface area contributed by atoms with Gasteiger partial charge in [-0.05, 0) is 43.3 Å². The Balaban J connectivity index is 1.83. The minimum atomic E-state index is -0.671. The molecule has 1 aromatic heterocycles. The van der Waals surface area contributed by atoms with E-state index in [1.165, 1.54) is 17.7 Å². The molecule has 0 amide bonds. The number of nitrogens with zero attached hydrogens (tertiary/aromatic N) is 2. The van der Waals surface area contributed by atoms with E-state index >= 15 is 0 Å². The first kappa shape index (κ1) is 16.1. The fraction of sp³-hybridized carbons (Fsp3) is 0.312. The van der Waals surface area contributed by atoms with Crippen molar-refractivity contribution in [3.63, 3.8) is 0 Å². The molecule has 2 rings (SSSR count). The Labute approximate surface area is 132 Å². The van der Waals surface area contributed by atoms with Gasteiger partial charge in [-0.1, -0.05) is 28.1 Å². The standard InChI is InChI=1S/C16H18BrFN2O/c1-20(11-12-3-2-4-13(17)9-12)8-7-16(21)15-6-5-14(18)10-19-15/h2-6,9-10,16,21H,7-8,11H2,1H3. The Hall–Kier alpha value is -1.30. The Bertz CT molecular complexity index is 577. The van der Waals surface area contributed by atoms with Crippen LogP contribution >= 0.6 is 15.9 Å². The molecule has 2 aromatic rings. The highest BCUT2D eigenvalue weighted by molar-refractivity contribution is 9.10. The van der Waals surface area contributed by atoms with E-state index in [9.17, 15) is 9.50 Å². The smallest absolute Gasteiger partial charge is 0.141 e. The third-order valence-electron chi connectivity index (χ3n) is 3.22. The number of aromatic nitrogens is 1. The van der Waals surface area contributed by atoms with Crippen LogP contribution in [-0.4, -0.2) is 28.6 Å². The van der Waals surface area contributed by atoms with Crippen LogP contribution in [-0.2, 0) is 6.54 Å². The largest absolute Gasteiger partial charge is 0.387 e. The average Bonchev–Trinajstić information content (AvgIpc) is 2.45. The van der Waals surface area contributed by atoms with Gasteiger partial charge in [0.05, 0.1) is 18.0 Å². The van der Waals surface area contributed by atoms with Gasteiger partial charge in [-0.2, -0.15) is 0 Å². The van der Waals surface area contributed by atoms with Crippen molar-refractivity contribution in [1.29, 1.82) is 0 Å². The van der Waals surface area contributed by atoms with Crippen molar-refractivity contribution in [2.75, 3.05) is 13.6 Å². The number of rotatable bonds is 6. The molecule has 112 valence electrons. The van der Waals surface area contributed by atoms with E-state index in [0.717, 1.165) is 23.8 Å². The monoisotopic (exact) mass is 352 g/mol. The maximum Gasteiger partial charge on any atom is 0.141 e. The van der Waals surface area contributed by atoms with Crippen molar-refractivity contribution >= 4 is 15.9 Å². The lowest BCUT2D eigenvalue weighted by molar-refractivity contribution is 0.143. The number of aliphatic hydroxyl groups is 1. The first-order valence-corrected chi connectivity index (χ1v) is 7.56. The molecule has 0 radical (unpaired) electrons. The number of hydrogen-bond acceptors (Lipinski definition) is 3. The summed E-state index contributed by atoms with van der Waals surface area (Å²) in [6.07, 6.45) is 1.02. The number of pyridine rings is 1. The molecule has 0 aliphatic heterocycles. The Morgan fingerprint density at radius 3 is 2.81 bits per heavy atom. The van der Waals surface area contributed by atoms with E-state index in [0.29, 0.717) is 12.1 Å². The van der Waals surface area contributed by atoms with E-state index in [1.54, 1.807) is 0 Å². The maximum absolute atomic E-state index is 12.8. The summed E-state index contributed by atoms with van der Waals surface area (Å²) in [6.45, 7) is 1.54. The van der Waals surface area contributed by atoms with Gasteiger partial charge in [0.25, 0.3) is 0 Å². The van der Waals surface area contributed by atoms with Crippen molar-refractivity contribution in [2.24, 2.45) is 0 Å². The summed E-state index contributed by atoms with van der Waals surface area (Å²) in [5.41, 5.74) is 1.72. The molecule has 1 aromatic carbocycles. The van der Waals surface area contributed by atoms with Crippen LogP contribution in [0.5, 0.6) is 0 Å². The van der Waals surface area contributed by atoms with Gasteiger partial charge in [0.1, 0.15) is 5.82 Å². The van der Waals surface area contributed by atoms with Crippen LogP contribution in [0.3, 0.4) is 0 Å². The molecule has 1 unspecified atom stereocenters. The highest BCUT2D eigenvalue weighted by Crippen LogP contribution is 2.16. The van der Waals surface area contributed by atoms with Gasteiger partial charge in [-0.15, -0.1) is 0 Å². The number of hydrogen-bond donors (Lipinski definition) is 1. The van der Waals surface area contributed by atoms with Gasteiger partial charge in [0.2, 0.25) is 0 Å². The average molecular weight is 353 g/mol. The summed E-state index contributed by atoms with van der Waals surface area (Å²) in [5.74, 6) is -0.391. The van der Waals surface area contributed by atoms with E-state index in [2.05, 4.69) is 37.9 Å². The van der Waals surface area contributed by atoms with Gasteiger partial charge in [0, 0.05) is 17.6 Å². The van der Waals surface area contributed by atoms with Gasteiger partial charge < -0.3 is 10.0 Å². The number of benzene rings is 1. The summed E-state index contributed by atoms with van der Waals surface area (Å²) < 4.78 is 13.8. The minimum Gasteiger partial charge on any atom is -0.387 e. The first-order valence-electron chi connectivity index (χ1n) is 6.77. The topological polar surface area (TPSA) is 36.4 Å². The fourth-order valence-electron chi connectivity index (χ4n) is 2.10. The molecular formula is C16H18BrFN2O. The van der Waals surface area contributed by atoms with Crippen molar-refractivity contribution < 1.29 is 9.50 Å². The van der Waals surface area contributed by atoms with Gasteiger partial charge in [-0.25, -0.2) is 4.39 Å². The highest BCUT2D eigenvalue weighted by atomic mass is 79.9. The molecule has 0 spiro atoms. The second-order valence-corrected chi connectivity index (χ2v) is 5.99. The predicted octanol–water partition coefficient (Wildman–Crippen LogP) is 3.54. The lowest BCUT2D eigenvalue weighted by atomic mass is 10.1. The summed E-state index contributed by atoms with van der Waals surface area (Å²) in [7, 11) is 2.01. The Morgan fingerprint density at radius 1 is 1.33 bits per heavy atom. The second-order valence-electron chi connectivity index (χ2n) is 5.07. The van der Waals surface area contributed by atoms with Gasteiger partial charge in [-0.3, -0.25) is 4.98 Å². The molecule has 0 bridgehead atoms. The van der Waals surface area contributed by atoms with Crippen molar-refractivity contribution in [1.82, 2.24) is 9.88 Å². The van der Waals surface area contributed by atoms with E-state index in [1.807, 2.05) is 19.2 Å². The fourth-order valence-corrected chi connectivity index (χ4v) is 2.55. The molecule has 0 fully saturated rings. The quantitative estimate of drug-likeness (QED) is 0.863. The molecule has 21 heavy (non-hydrogen) atoms. The Kier molecular flexibility index (Phi) is 5.85. The van der Waals surface area contributed by atoms with E-state index in [4.69, 9.17) is 0 Å². The molecule has 0 saturated heterocycles. The summed E-state index contributed by atoms with van der Waals surface area (Å²) in [5, 5.41) is 10.1. The summed E-state index contributed by atoms with van der Waals surface area (Å²) in [6, 6.07) is 11.0. The molecule has 0 aliphatic carbocycles. The lowest BCUT2D eigenvalue weighted by Crippen LogP contribution is -2.21. The lowest BCUT2D eigenvalue weighted by Gasteiger charge is -2.19. The van der Waals surface area contributed by atoms with Crippen LogP contribution in [0, 0.1) is 5.82 Å². The predicted molar refractivity (Wildman–Crippen MR) is 84.2 cm³/mol. The number of aliphatic hydroxyl groups excluding tert-OH is 1.